The molecule has 38 heavy (non-hydrogen) atoms. The lowest BCUT2D eigenvalue weighted by atomic mass is 10.1. The molecule has 202 valence electrons. The van der Waals surface area contributed by atoms with Gasteiger partial charge in [-0.3, -0.25) is 5.32 Å². The van der Waals surface area contributed by atoms with Crippen LogP contribution in [0.2, 0.25) is 0 Å². The highest BCUT2D eigenvalue weighted by Crippen LogP contribution is 2.35. The molecule has 1 fully saturated rings. The Labute approximate surface area is 231 Å². The third-order valence-electron chi connectivity index (χ3n) is 5.96. The van der Waals surface area contributed by atoms with Crippen LogP contribution in [-0.2, 0) is 9.47 Å². The summed E-state index contributed by atoms with van der Waals surface area (Å²) in [4.78, 5) is 15.2. The molecule has 0 spiro atoms. The standard InChI is InChI=1S/C25H29Cl2N7O4/c1-35-7-5-29-25(30-14-28)34-6-8-37-17(12-34)13-38-23-11-21-18(10-22(23)36-2)24(32-15-31-21)33-16-3-4-19(26)20(27)9-16/h4,9-11,15-17H,3,5-8,12-13H2,1-2H3,(H,29,30)(H,31,32,33). The molecule has 11 nitrogen and oxygen atoms in total. The molecule has 0 bridgehead atoms. The summed E-state index contributed by atoms with van der Waals surface area (Å²) in [5.74, 6) is 2.21. The van der Waals surface area contributed by atoms with Gasteiger partial charge in [0.05, 0.1) is 55.0 Å². The highest BCUT2D eigenvalue weighted by atomic mass is 35.5. The number of nitriles is 1. The van der Waals surface area contributed by atoms with Crippen molar-refractivity contribution in [2.24, 2.45) is 4.99 Å². The third-order valence-corrected chi connectivity index (χ3v) is 6.74. The molecule has 1 aromatic heterocycles. The van der Waals surface area contributed by atoms with Crippen LogP contribution in [-0.4, -0.2) is 86.6 Å². The molecule has 1 aliphatic carbocycles. The molecule has 0 radical (unpaired) electrons. The quantitative estimate of drug-likeness (QED) is 0.155. The van der Waals surface area contributed by atoms with Gasteiger partial charge >= 0.3 is 0 Å². The zero-order chi connectivity index (χ0) is 26.9. The number of ether oxygens (including phenoxy) is 4. The Morgan fingerprint density at radius 1 is 1.26 bits per heavy atom. The minimum Gasteiger partial charge on any atom is -0.493 e. The average Bonchev–Trinajstić information content (AvgIpc) is 2.93. The number of hydrogen-bond donors (Lipinski definition) is 2. The number of allylic oxidation sites excluding steroid dienone is 2. The molecule has 0 saturated carbocycles. The van der Waals surface area contributed by atoms with Gasteiger partial charge in [0.1, 0.15) is 24.9 Å². The van der Waals surface area contributed by atoms with Crippen LogP contribution in [0.25, 0.3) is 10.9 Å². The van der Waals surface area contributed by atoms with E-state index in [1.165, 1.54) is 6.33 Å². The van der Waals surface area contributed by atoms with Gasteiger partial charge in [-0.2, -0.15) is 5.26 Å². The lowest BCUT2D eigenvalue weighted by molar-refractivity contribution is -0.0296. The second-order valence-corrected chi connectivity index (χ2v) is 9.29. The molecule has 2 aliphatic rings. The number of methoxy groups -OCH3 is 2. The summed E-state index contributed by atoms with van der Waals surface area (Å²) in [6.07, 6.45) is 7.60. The van der Waals surface area contributed by atoms with Crippen molar-refractivity contribution >= 4 is 45.9 Å². The van der Waals surface area contributed by atoms with Crippen LogP contribution in [0.3, 0.4) is 0 Å². The Morgan fingerprint density at radius 2 is 2.13 bits per heavy atom. The maximum atomic E-state index is 9.12. The number of rotatable bonds is 9. The van der Waals surface area contributed by atoms with Gasteiger partial charge in [0.2, 0.25) is 5.96 Å². The van der Waals surface area contributed by atoms with Gasteiger partial charge in [0, 0.05) is 25.1 Å². The molecule has 2 heterocycles. The average molecular weight is 562 g/mol. The zero-order valence-electron chi connectivity index (χ0n) is 21.1. The van der Waals surface area contributed by atoms with Crippen molar-refractivity contribution in [3.05, 3.63) is 40.7 Å². The first-order chi connectivity index (χ1) is 18.5. The van der Waals surface area contributed by atoms with E-state index in [1.807, 2.05) is 35.4 Å². The first kappa shape index (κ1) is 27.7. The van der Waals surface area contributed by atoms with Crippen molar-refractivity contribution in [2.45, 2.75) is 18.6 Å². The molecule has 0 amide bonds. The second-order valence-electron chi connectivity index (χ2n) is 8.48. The van der Waals surface area contributed by atoms with E-state index in [9.17, 15) is 0 Å². The minimum absolute atomic E-state index is 0.0603. The number of guanidine groups is 1. The summed E-state index contributed by atoms with van der Waals surface area (Å²) in [6, 6.07) is 3.60. The van der Waals surface area contributed by atoms with E-state index in [-0.39, 0.29) is 18.8 Å². The number of benzene rings is 1. The fourth-order valence-electron chi connectivity index (χ4n) is 4.09. The van der Waals surface area contributed by atoms with Crippen LogP contribution in [0.4, 0.5) is 5.82 Å². The van der Waals surface area contributed by atoms with E-state index in [0.717, 1.165) is 5.39 Å². The van der Waals surface area contributed by atoms with Gasteiger partial charge in [-0.1, -0.05) is 29.3 Å². The molecule has 1 saturated heterocycles. The fourth-order valence-corrected chi connectivity index (χ4v) is 4.47. The first-order valence-corrected chi connectivity index (χ1v) is 12.8. The van der Waals surface area contributed by atoms with Gasteiger partial charge < -0.3 is 29.2 Å². The van der Waals surface area contributed by atoms with E-state index in [1.54, 1.807) is 14.2 Å². The molecule has 2 unspecified atom stereocenters. The van der Waals surface area contributed by atoms with Crippen LogP contribution in [0.5, 0.6) is 11.5 Å². The minimum atomic E-state index is -0.248. The number of halogens is 2. The first-order valence-electron chi connectivity index (χ1n) is 12.0. The topological polar surface area (TPSA) is 126 Å². The molecule has 2 atom stereocenters. The smallest absolute Gasteiger partial charge is 0.207 e. The van der Waals surface area contributed by atoms with Crippen LogP contribution < -0.4 is 20.1 Å². The SMILES string of the molecule is COCCN=C(NC#N)N1CCOC(COc2cc3ncnc(NC4C=C(Cl)C(Cl)=CC4)c3cc2OC)C1. The van der Waals surface area contributed by atoms with Gasteiger partial charge in [0.15, 0.2) is 17.7 Å². The Hall–Kier alpha value is -3.30. The Balaban J connectivity index is 1.46. The summed E-state index contributed by atoms with van der Waals surface area (Å²) >= 11 is 12.3. The van der Waals surface area contributed by atoms with Crippen molar-refractivity contribution in [3.63, 3.8) is 0 Å². The molecule has 2 N–H and O–H groups in total. The summed E-state index contributed by atoms with van der Waals surface area (Å²) < 4.78 is 22.7. The molecule has 2 aromatic rings. The van der Waals surface area contributed by atoms with Crippen LogP contribution in [0.15, 0.2) is 45.7 Å². The van der Waals surface area contributed by atoms with Crippen LogP contribution >= 0.6 is 23.2 Å². The summed E-state index contributed by atoms with van der Waals surface area (Å²) in [6.45, 7) is 2.76. The fraction of sp³-hybridized carbons (Fsp3) is 0.440. The number of nitrogens with zero attached hydrogens (tertiary/aromatic N) is 5. The maximum absolute atomic E-state index is 9.12. The van der Waals surface area contributed by atoms with Crippen molar-refractivity contribution in [1.29, 1.82) is 5.26 Å². The number of nitrogens with one attached hydrogen (secondary N) is 2. The predicted molar refractivity (Wildman–Crippen MR) is 146 cm³/mol. The number of aliphatic imine (C=N–C) groups is 1. The van der Waals surface area contributed by atoms with Crippen molar-refractivity contribution in [1.82, 2.24) is 20.2 Å². The largest absolute Gasteiger partial charge is 0.493 e. The molecular weight excluding hydrogens is 533 g/mol. The van der Waals surface area contributed by atoms with Gasteiger partial charge in [0.25, 0.3) is 0 Å². The molecule has 1 aromatic carbocycles. The summed E-state index contributed by atoms with van der Waals surface area (Å²) in [7, 11) is 3.19. The van der Waals surface area contributed by atoms with Gasteiger partial charge in [-0.25, -0.2) is 15.0 Å². The number of fused-ring (bicyclic) bond motifs is 1. The van der Waals surface area contributed by atoms with Crippen molar-refractivity contribution in [3.8, 4) is 17.7 Å². The third kappa shape index (κ3) is 6.96. The van der Waals surface area contributed by atoms with Crippen molar-refractivity contribution in [2.75, 3.05) is 59.0 Å². The molecular formula is C25H29Cl2N7O4. The second kappa shape index (κ2) is 13.5. The Morgan fingerprint density at radius 3 is 2.89 bits per heavy atom. The molecule has 1 aliphatic heterocycles. The van der Waals surface area contributed by atoms with E-state index >= 15 is 0 Å². The highest BCUT2D eigenvalue weighted by Gasteiger charge is 2.24. The maximum Gasteiger partial charge on any atom is 0.207 e. The van der Waals surface area contributed by atoms with Gasteiger partial charge in [-0.05, 0) is 18.6 Å². The monoisotopic (exact) mass is 561 g/mol. The highest BCUT2D eigenvalue weighted by molar-refractivity contribution is 6.44. The van der Waals surface area contributed by atoms with E-state index in [4.69, 9.17) is 47.4 Å². The number of hydrogen-bond acceptors (Lipinski definition) is 9. The van der Waals surface area contributed by atoms with E-state index in [0.29, 0.717) is 78.1 Å². The molecule has 13 heteroatoms. The van der Waals surface area contributed by atoms with Crippen molar-refractivity contribution < 1.29 is 18.9 Å². The lowest BCUT2D eigenvalue weighted by Crippen LogP contribution is -2.51. The van der Waals surface area contributed by atoms with Gasteiger partial charge in [-0.15, -0.1) is 0 Å². The normalized spacial score (nSPS) is 19.9. The van der Waals surface area contributed by atoms with E-state index in [2.05, 4.69) is 25.6 Å². The van der Waals surface area contributed by atoms with Crippen LogP contribution in [0, 0.1) is 11.5 Å². The predicted octanol–water partition coefficient (Wildman–Crippen LogP) is 3.22. The van der Waals surface area contributed by atoms with Crippen LogP contribution in [0.1, 0.15) is 6.42 Å². The lowest BCUT2D eigenvalue weighted by Gasteiger charge is -2.34. The van der Waals surface area contributed by atoms with E-state index < -0.39 is 0 Å². The number of aromatic nitrogens is 2. The Kier molecular flexibility index (Phi) is 9.84. The number of anilines is 1. The molecule has 4 rings (SSSR count). The zero-order valence-corrected chi connectivity index (χ0v) is 22.6. The Bertz CT molecular complexity index is 1260. The number of morpholine rings is 1. The summed E-state index contributed by atoms with van der Waals surface area (Å²) in [5, 5.41) is 17.0. The summed E-state index contributed by atoms with van der Waals surface area (Å²) in [5.41, 5.74) is 0.690.